The van der Waals surface area contributed by atoms with Gasteiger partial charge in [0, 0.05) is 11.6 Å². The van der Waals surface area contributed by atoms with Crippen LogP contribution in [-0.2, 0) is 14.3 Å². The van der Waals surface area contributed by atoms with Crippen LogP contribution in [0.3, 0.4) is 0 Å². The Morgan fingerprint density at radius 2 is 1.81 bits per heavy atom. The number of primary amides is 1. The van der Waals surface area contributed by atoms with Crippen molar-refractivity contribution in [3.8, 4) is 11.5 Å². The Kier molecular flexibility index (Phi) is 5.58. The molecule has 3 atom stereocenters. The van der Waals surface area contributed by atoms with Crippen molar-refractivity contribution in [3.05, 3.63) is 59.7 Å². The third-order valence-corrected chi connectivity index (χ3v) is 4.23. The summed E-state index contributed by atoms with van der Waals surface area (Å²) in [6.07, 6.45) is -2.90. The second-order valence-electron chi connectivity index (χ2n) is 5.84. The van der Waals surface area contributed by atoms with Gasteiger partial charge in [-0.05, 0) is 17.7 Å². The normalized spacial score (nSPS) is 21.5. The van der Waals surface area contributed by atoms with Gasteiger partial charge in [-0.1, -0.05) is 30.3 Å². The van der Waals surface area contributed by atoms with Crippen molar-refractivity contribution in [1.82, 2.24) is 5.32 Å². The SMILES string of the molecule is COc1ccc(C2NC(c3ccccc3)C(C(=O)OC(N)=O)O2)c(OC)c1. The van der Waals surface area contributed by atoms with E-state index in [4.69, 9.17) is 19.9 Å². The summed E-state index contributed by atoms with van der Waals surface area (Å²) in [6.45, 7) is 0. The van der Waals surface area contributed by atoms with E-state index in [1.54, 1.807) is 25.3 Å². The molecule has 2 aromatic rings. The van der Waals surface area contributed by atoms with Crippen molar-refractivity contribution in [2.24, 2.45) is 5.73 Å². The highest BCUT2D eigenvalue weighted by atomic mass is 16.6. The lowest BCUT2D eigenvalue weighted by atomic mass is 10.0. The van der Waals surface area contributed by atoms with E-state index in [0.29, 0.717) is 17.1 Å². The average molecular weight is 372 g/mol. The van der Waals surface area contributed by atoms with Gasteiger partial charge in [-0.25, -0.2) is 9.59 Å². The minimum atomic E-state index is -1.18. The Balaban J connectivity index is 1.93. The van der Waals surface area contributed by atoms with E-state index in [1.165, 1.54) is 7.11 Å². The first-order chi connectivity index (χ1) is 13.0. The molecule has 3 unspecified atom stereocenters. The largest absolute Gasteiger partial charge is 0.497 e. The molecule has 8 nitrogen and oxygen atoms in total. The van der Waals surface area contributed by atoms with Crippen LogP contribution in [0.5, 0.6) is 11.5 Å². The molecule has 0 aromatic heterocycles. The fourth-order valence-corrected chi connectivity index (χ4v) is 2.99. The molecule has 0 bridgehead atoms. The van der Waals surface area contributed by atoms with Gasteiger partial charge in [0.1, 0.15) is 17.7 Å². The van der Waals surface area contributed by atoms with E-state index in [-0.39, 0.29) is 0 Å². The minimum Gasteiger partial charge on any atom is -0.497 e. The summed E-state index contributed by atoms with van der Waals surface area (Å²) in [5.74, 6) is 0.291. The monoisotopic (exact) mass is 372 g/mol. The molecule has 142 valence electrons. The summed E-state index contributed by atoms with van der Waals surface area (Å²) in [5, 5.41) is 3.24. The lowest BCUT2D eigenvalue weighted by molar-refractivity contribution is -0.150. The predicted octanol–water partition coefficient (Wildman–Crippen LogP) is 2.05. The second kappa shape index (κ2) is 8.07. The maximum absolute atomic E-state index is 12.3. The lowest BCUT2D eigenvalue weighted by Gasteiger charge is -2.16. The van der Waals surface area contributed by atoms with E-state index in [1.807, 2.05) is 30.3 Å². The molecule has 1 aliphatic rings. The maximum atomic E-state index is 12.3. The summed E-state index contributed by atoms with van der Waals surface area (Å²) in [7, 11) is 3.08. The Hall–Kier alpha value is -3.10. The lowest BCUT2D eigenvalue weighted by Crippen LogP contribution is -2.33. The van der Waals surface area contributed by atoms with Gasteiger partial charge >= 0.3 is 12.1 Å². The summed E-state index contributed by atoms with van der Waals surface area (Å²) in [4.78, 5) is 23.3. The zero-order valence-electron chi connectivity index (χ0n) is 14.9. The standard InChI is InChI=1S/C19H20N2O6/c1-24-12-8-9-13(14(10-12)25-2)17-21-15(11-6-4-3-5-7-11)16(26-17)18(22)27-19(20)23/h3-10,15-17,21H,1-2H3,(H2,20,23). The third-order valence-electron chi connectivity index (χ3n) is 4.23. The van der Waals surface area contributed by atoms with Gasteiger partial charge < -0.3 is 24.7 Å². The first-order valence-electron chi connectivity index (χ1n) is 8.23. The van der Waals surface area contributed by atoms with Crippen LogP contribution in [0.4, 0.5) is 4.79 Å². The maximum Gasteiger partial charge on any atom is 0.412 e. The molecule has 3 N–H and O–H groups in total. The number of amides is 1. The van der Waals surface area contributed by atoms with Crippen molar-refractivity contribution in [2.45, 2.75) is 18.4 Å². The van der Waals surface area contributed by atoms with Crippen molar-refractivity contribution in [1.29, 1.82) is 0 Å². The highest BCUT2D eigenvalue weighted by Gasteiger charge is 2.43. The number of hydrogen-bond donors (Lipinski definition) is 2. The number of nitrogens with two attached hydrogens (primary N) is 1. The number of carbonyl (C=O) groups excluding carboxylic acids is 2. The van der Waals surface area contributed by atoms with Gasteiger partial charge in [0.25, 0.3) is 0 Å². The molecule has 1 saturated heterocycles. The van der Waals surface area contributed by atoms with Crippen LogP contribution in [0.25, 0.3) is 0 Å². The van der Waals surface area contributed by atoms with Crippen LogP contribution in [0.2, 0.25) is 0 Å². The molecule has 1 amide bonds. The van der Waals surface area contributed by atoms with Crippen LogP contribution in [0.1, 0.15) is 23.4 Å². The van der Waals surface area contributed by atoms with E-state index >= 15 is 0 Å². The number of methoxy groups -OCH3 is 2. The molecular formula is C19H20N2O6. The fourth-order valence-electron chi connectivity index (χ4n) is 2.99. The first kappa shape index (κ1) is 18.7. The Labute approximate surface area is 156 Å². The number of nitrogens with one attached hydrogen (secondary N) is 1. The molecule has 1 aliphatic heterocycles. The zero-order valence-corrected chi connectivity index (χ0v) is 14.9. The topological polar surface area (TPSA) is 109 Å². The summed E-state index contributed by atoms with van der Waals surface area (Å²) < 4.78 is 21.0. The molecule has 8 heteroatoms. The van der Waals surface area contributed by atoms with Crippen molar-refractivity contribution in [3.63, 3.8) is 0 Å². The number of rotatable bonds is 5. The van der Waals surface area contributed by atoms with Gasteiger partial charge in [0.05, 0.1) is 20.3 Å². The molecule has 2 aromatic carbocycles. The second-order valence-corrected chi connectivity index (χ2v) is 5.84. The molecule has 1 fully saturated rings. The van der Waals surface area contributed by atoms with Crippen LogP contribution < -0.4 is 20.5 Å². The number of benzene rings is 2. The van der Waals surface area contributed by atoms with Crippen molar-refractivity contribution >= 4 is 12.1 Å². The molecule has 0 spiro atoms. The first-order valence-corrected chi connectivity index (χ1v) is 8.23. The van der Waals surface area contributed by atoms with Crippen LogP contribution in [0.15, 0.2) is 48.5 Å². The Morgan fingerprint density at radius 3 is 2.44 bits per heavy atom. The number of carbonyl (C=O) groups is 2. The molecular weight excluding hydrogens is 352 g/mol. The summed E-state index contributed by atoms with van der Waals surface area (Å²) in [6, 6.07) is 14.0. The van der Waals surface area contributed by atoms with Crippen molar-refractivity contribution in [2.75, 3.05) is 14.2 Å². The van der Waals surface area contributed by atoms with E-state index in [0.717, 1.165) is 5.56 Å². The van der Waals surface area contributed by atoms with Gasteiger partial charge in [-0.2, -0.15) is 0 Å². The number of hydrogen-bond acceptors (Lipinski definition) is 7. The number of esters is 1. The molecule has 3 rings (SSSR count). The van der Waals surface area contributed by atoms with E-state index in [2.05, 4.69) is 10.1 Å². The van der Waals surface area contributed by atoms with E-state index in [9.17, 15) is 9.59 Å². The Bertz CT molecular complexity index is 826. The van der Waals surface area contributed by atoms with Gasteiger partial charge in [0.15, 0.2) is 6.10 Å². The minimum absolute atomic E-state index is 0.530. The molecule has 0 saturated carbocycles. The summed E-state index contributed by atoms with van der Waals surface area (Å²) >= 11 is 0. The smallest absolute Gasteiger partial charge is 0.412 e. The van der Waals surface area contributed by atoms with Gasteiger partial charge in [-0.15, -0.1) is 0 Å². The zero-order chi connectivity index (χ0) is 19.4. The van der Waals surface area contributed by atoms with Crippen LogP contribution >= 0.6 is 0 Å². The predicted molar refractivity (Wildman–Crippen MR) is 95.2 cm³/mol. The quantitative estimate of drug-likeness (QED) is 0.611. The van der Waals surface area contributed by atoms with E-state index < -0.39 is 30.4 Å². The fraction of sp³-hybridized carbons (Fsp3) is 0.263. The highest BCUT2D eigenvalue weighted by molar-refractivity contribution is 5.87. The average Bonchev–Trinajstić information content (AvgIpc) is 3.13. The van der Waals surface area contributed by atoms with Gasteiger partial charge in [-0.3, -0.25) is 5.32 Å². The third kappa shape index (κ3) is 4.02. The molecule has 0 aliphatic carbocycles. The highest BCUT2D eigenvalue weighted by Crippen LogP contribution is 2.38. The molecule has 1 heterocycles. The molecule has 0 radical (unpaired) electrons. The van der Waals surface area contributed by atoms with Crippen LogP contribution in [0, 0.1) is 0 Å². The number of ether oxygens (including phenoxy) is 4. The van der Waals surface area contributed by atoms with Crippen molar-refractivity contribution < 1.29 is 28.5 Å². The van der Waals surface area contributed by atoms with Gasteiger partial charge in [0.2, 0.25) is 0 Å². The molecule has 27 heavy (non-hydrogen) atoms. The summed E-state index contributed by atoms with van der Waals surface area (Å²) in [5.41, 5.74) is 6.46. The Morgan fingerprint density at radius 1 is 1.07 bits per heavy atom. The van der Waals surface area contributed by atoms with Crippen LogP contribution in [-0.4, -0.2) is 32.4 Å².